The van der Waals surface area contributed by atoms with Gasteiger partial charge in [0.1, 0.15) is 5.82 Å². The monoisotopic (exact) mass is 228 g/mol. The smallest absolute Gasteiger partial charge is 0.248 e. The van der Waals surface area contributed by atoms with E-state index in [1.807, 2.05) is 0 Å². The Morgan fingerprint density at radius 2 is 2.17 bits per heavy atom. The van der Waals surface area contributed by atoms with Crippen molar-refractivity contribution in [3.63, 3.8) is 0 Å². The zero-order chi connectivity index (χ0) is 9.56. The van der Waals surface area contributed by atoms with E-state index in [1.54, 1.807) is 0 Å². The first kappa shape index (κ1) is 10.8. The van der Waals surface area contributed by atoms with E-state index >= 15 is 0 Å². The molecule has 0 aliphatic rings. The van der Waals surface area contributed by atoms with Crippen LogP contribution >= 0.6 is 15.9 Å². The van der Waals surface area contributed by atoms with Gasteiger partial charge >= 0.3 is 0 Å². The predicted molar refractivity (Wildman–Crippen MR) is 54.0 cm³/mol. The standard InChI is InChI=1S/C8H9BrN2O/c1-4-8(12)11-7(10-3)5-6(2)9/h4-5H,1-3H2,(H,11,12)/b7-5+. The lowest BCUT2D eigenvalue weighted by Gasteiger charge is -2.00. The van der Waals surface area contributed by atoms with Gasteiger partial charge in [0, 0.05) is 4.48 Å². The molecule has 0 bridgehead atoms. The van der Waals surface area contributed by atoms with Crippen LogP contribution < -0.4 is 5.32 Å². The molecule has 0 saturated heterocycles. The maximum atomic E-state index is 10.8. The van der Waals surface area contributed by atoms with Crippen molar-refractivity contribution < 1.29 is 4.79 Å². The summed E-state index contributed by atoms with van der Waals surface area (Å²) in [6, 6.07) is 0. The molecule has 0 saturated carbocycles. The van der Waals surface area contributed by atoms with E-state index in [-0.39, 0.29) is 5.91 Å². The Bertz CT molecular complexity index is 256. The molecule has 0 unspecified atom stereocenters. The number of halogens is 1. The first-order valence-corrected chi connectivity index (χ1v) is 3.85. The Balaban J connectivity index is 4.37. The number of nitrogens with zero attached hydrogens (tertiary/aromatic N) is 1. The molecular formula is C8H9BrN2O. The highest BCUT2D eigenvalue weighted by Crippen LogP contribution is 2.05. The lowest BCUT2D eigenvalue weighted by atomic mass is 10.5. The number of carbonyl (C=O) groups is 1. The summed E-state index contributed by atoms with van der Waals surface area (Å²) in [6.07, 6.45) is 2.68. The molecule has 1 N–H and O–H groups in total. The molecule has 1 amide bonds. The van der Waals surface area contributed by atoms with Crippen molar-refractivity contribution in [1.29, 1.82) is 0 Å². The van der Waals surface area contributed by atoms with Crippen LogP contribution in [0.3, 0.4) is 0 Å². The summed E-state index contributed by atoms with van der Waals surface area (Å²) in [5, 5.41) is 2.43. The van der Waals surface area contributed by atoms with Crippen LogP contribution in [0.4, 0.5) is 0 Å². The third kappa shape index (κ3) is 4.62. The van der Waals surface area contributed by atoms with E-state index in [0.29, 0.717) is 10.3 Å². The molecule has 4 heteroatoms. The highest BCUT2D eigenvalue weighted by atomic mass is 79.9. The molecule has 0 fully saturated rings. The predicted octanol–water partition coefficient (Wildman–Crippen LogP) is 1.74. The fourth-order valence-electron chi connectivity index (χ4n) is 0.447. The number of carbonyl (C=O) groups excluding carboxylic acids is 1. The van der Waals surface area contributed by atoms with Crippen molar-refractivity contribution in [3.05, 3.63) is 35.6 Å². The summed E-state index contributed by atoms with van der Waals surface area (Å²) in [6.45, 7) is 10.1. The number of hydrogen-bond donors (Lipinski definition) is 1. The van der Waals surface area contributed by atoms with Crippen LogP contribution in [0.25, 0.3) is 0 Å². The lowest BCUT2D eigenvalue weighted by Crippen LogP contribution is -2.18. The van der Waals surface area contributed by atoms with E-state index in [2.05, 4.69) is 46.1 Å². The summed E-state index contributed by atoms with van der Waals surface area (Å²) in [5.74, 6) is 0.00387. The fraction of sp³-hybridized carbons (Fsp3) is 0. The summed E-state index contributed by atoms with van der Waals surface area (Å²) >= 11 is 3.09. The van der Waals surface area contributed by atoms with Crippen molar-refractivity contribution in [1.82, 2.24) is 5.32 Å². The molecule has 0 heterocycles. The van der Waals surface area contributed by atoms with Crippen LogP contribution in [0.1, 0.15) is 0 Å². The van der Waals surface area contributed by atoms with Gasteiger partial charge < -0.3 is 5.32 Å². The van der Waals surface area contributed by atoms with Gasteiger partial charge in [-0.1, -0.05) is 29.1 Å². The third-order valence-electron chi connectivity index (χ3n) is 0.900. The van der Waals surface area contributed by atoms with Crippen LogP contribution in [0.15, 0.2) is 40.6 Å². The van der Waals surface area contributed by atoms with E-state index in [1.165, 1.54) is 6.08 Å². The Labute approximate surface area is 79.7 Å². The first-order chi connectivity index (χ1) is 5.60. The molecule has 0 radical (unpaired) electrons. The van der Waals surface area contributed by atoms with Crippen molar-refractivity contribution in [2.45, 2.75) is 0 Å². The molecule has 0 rings (SSSR count). The maximum absolute atomic E-state index is 10.8. The molecule has 0 aromatic carbocycles. The van der Waals surface area contributed by atoms with Gasteiger partial charge in [-0.25, -0.2) is 4.99 Å². The Morgan fingerprint density at radius 1 is 1.58 bits per heavy atom. The van der Waals surface area contributed by atoms with Crippen molar-refractivity contribution >= 4 is 28.6 Å². The van der Waals surface area contributed by atoms with Crippen LogP contribution in [-0.4, -0.2) is 12.6 Å². The quantitative estimate of drug-likeness (QED) is 0.445. The van der Waals surface area contributed by atoms with Crippen LogP contribution in [0.2, 0.25) is 0 Å². The molecule has 3 nitrogen and oxygen atoms in total. The number of allylic oxidation sites excluding steroid dienone is 2. The Morgan fingerprint density at radius 3 is 2.50 bits per heavy atom. The Hall–Kier alpha value is -1.16. The van der Waals surface area contributed by atoms with Crippen molar-refractivity contribution in [2.24, 2.45) is 4.99 Å². The largest absolute Gasteiger partial charge is 0.307 e. The number of nitrogens with one attached hydrogen (secondary N) is 1. The van der Waals surface area contributed by atoms with E-state index in [4.69, 9.17) is 0 Å². The van der Waals surface area contributed by atoms with Gasteiger partial charge in [-0.05, 0) is 18.9 Å². The van der Waals surface area contributed by atoms with Crippen LogP contribution in [0, 0.1) is 0 Å². The third-order valence-corrected chi connectivity index (χ3v) is 1.13. The van der Waals surface area contributed by atoms with Crippen molar-refractivity contribution in [3.8, 4) is 0 Å². The molecule has 0 aromatic rings. The number of amides is 1. The second-order valence-electron chi connectivity index (χ2n) is 1.83. The highest BCUT2D eigenvalue weighted by molar-refractivity contribution is 9.11. The van der Waals surface area contributed by atoms with Gasteiger partial charge in [0.2, 0.25) is 5.91 Å². The molecule has 0 atom stereocenters. The molecule has 64 valence electrons. The van der Waals surface area contributed by atoms with Gasteiger partial charge in [-0.2, -0.15) is 0 Å². The van der Waals surface area contributed by atoms with Gasteiger partial charge in [-0.15, -0.1) is 0 Å². The molecular weight excluding hydrogens is 220 g/mol. The lowest BCUT2D eigenvalue weighted by molar-refractivity contribution is -0.115. The highest BCUT2D eigenvalue weighted by Gasteiger charge is 1.96. The molecule has 12 heavy (non-hydrogen) atoms. The summed E-state index contributed by atoms with van der Waals surface area (Å²) in [7, 11) is 0. The molecule has 0 aliphatic carbocycles. The number of rotatable bonds is 4. The first-order valence-electron chi connectivity index (χ1n) is 3.06. The SMILES string of the molecule is C=CC(=O)N/C(=C/C(=C)Br)N=C. The maximum Gasteiger partial charge on any atom is 0.248 e. The van der Waals surface area contributed by atoms with Gasteiger partial charge in [-0.3, -0.25) is 4.79 Å². The normalized spacial score (nSPS) is 10.2. The van der Waals surface area contributed by atoms with E-state index < -0.39 is 0 Å². The fourth-order valence-corrected chi connectivity index (χ4v) is 0.664. The van der Waals surface area contributed by atoms with Gasteiger partial charge in [0.05, 0.1) is 0 Å². The van der Waals surface area contributed by atoms with Crippen molar-refractivity contribution in [2.75, 3.05) is 0 Å². The van der Waals surface area contributed by atoms with Gasteiger partial charge in [0.25, 0.3) is 0 Å². The van der Waals surface area contributed by atoms with E-state index in [9.17, 15) is 4.79 Å². The summed E-state index contributed by atoms with van der Waals surface area (Å²) < 4.78 is 0.606. The number of hydrogen-bond acceptors (Lipinski definition) is 2. The average Bonchev–Trinajstić information content (AvgIpc) is 2.02. The molecule has 0 aliphatic heterocycles. The average molecular weight is 229 g/mol. The van der Waals surface area contributed by atoms with Crippen LogP contribution in [-0.2, 0) is 4.79 Å². The topological polar surface area (TPSA) is 41.5 Å². The second kappa shape index (κ2) is 5.49. The summed E-state index contributed by atoms with van der Waals surface area (Å²) in [4.78, 5) is 14.3. The second-order valence-corrected chi connectivity index (χ2v) is 2.85. The zero-order valence-electron chi connectivity index (χ0n) is 6.51. The zero-order valence-corrected chi connectivity index (χ0v) is 8.10. The minimum Gasteiger partial charge on any atom is -0.307 e. The molecule has 0 spiro atoms. The van der Waals surface area contributed by atoms with Gasteiger partial charge in [0.15, 0.2) is 0 Å². The summed E-state index contributed by atoms with van der Waals surface area (Å²) in [5.41, 5.74) is 0. The minimum absolute atomic E-state index is 0.331. The minimum atomic E-state index is -0.331. The van der Waals surface area contributed by atoms with Crippen LogP contribution in [0.5, 0.6) is 0 Å². The van der Waals surface area contributed by atoms with E-state index in [0.717, 1.165) is 6.08 Å². The Kier molecular flexibility index (Phi) is 4.96. The molecule has 0 aromatic heterocycles. The number of aliphatic imine (C=N–C) groups is 1.